The predicted molar refractivity (Wildman–Crippen MR) is 118 cm³/mol. The summed E-state index contributed by atoms with van der Waals surface area (Å²) in [5, 5.41) is 0. The Labute approximate surface area is 193 Å². The fourth-order valence-electron chi connectivity index (χ4n) is 4.13. The number of benzene rings is 1. The Hall–Kier alpha value is -2.12. The SMILES string of the molecule is CCCCCCCCCCCOC(=O)C1CCN(C(=O)c2cc(F)ccc2C(F)(F)F)CC1. The van der Waals surface area contributed by atoms with Crippen molar-refractivity contribution in [1.29, 1.82) is 0 Å². The molecule has 0 aromatic heterocycles. The zero-order chi connectivity index (χ0) is 24.3. The summed E-state index contributed by atoms with van der Waals surface area (Å²) in [6, 6.07) is 1.89. The van der Waals surface area contributed by atoms with Gasteiger partial charge in [0.15, 0.2) is 0 Å². The summed E-state index contributed by atoms with van der Waals surface area (Å²) in [5.41, 5.74) is -1.86. The summed E-state index contributed by atoms with van der Waals surface area (Å²) in [6.45, 7) is 2.82. The monoisotopic (exact) mass is 473 g/mol. The minimum atomic E-state index is -4.75. The van der Waals surface area contributed by atoms with Crippen molar-refractivity contribution in [3.05, 3.63) is 35.1 Å². The molecule has 2 rings (SSSR count). The summed E-state index contributed by atoms with van der Waals surface area (Å²) in [5.74, 6) is -2.46. The van der Waals surface area contributed by atoms with Crippen LogP contribution < -0.4 is 0 Å². The van der Waals surface area contributed by atoms with Gasteiger partial charge in [-0.3, -0.25) is 9.59 Å². The molecule has 0 spiro atoms. The first-order valence-corrected chi connectivity index (χ1v) is 12.1. The van der Waals surface area contributed by atoms with Gasteiger partial charge in [0.2, 0.25) is 0 Å². The summed E-state index contributed by atoms with van der Waals surface area (Å²) in [6.07, 6.45) is 6.40. The number of piperidine rings is 1. The van der Waals surface area contributed by atoms with E-state index in [-0.39, 0.29) is 25.0 Å². The van der Waals surface area contributed by atoms with E-state index in [0.29, 0.717) is 37.6 Å². The van der Waals surface area contributed by atoms with E-state index in [1.807, 2.05) is 0 Å². The van der Waals surface area contributed by atoms with E-state index in [0.717, 1.165) is 19.3 Å². The van der Waals surface area contributed by atoms with Crippen LogP contribution in [-0.2, 0) is 15.7 Å². The van der Waals surface area contributed by atoms with Crippen LogP contribution in [-0.4, -0.2) is 36.5 Å². The Bertz CT molecular complexity index is 759. The van der Waals surface area contributed by atoms with E-state index >= 15 is 0 Å². The molecule has 33 heavy (non-hydrogen) atoms. The van der Waals surface area contributed by atoms with Crippen molar-refractivity contribution in [2.75, 3.05) is 19.7 Å². The van der Waals surface area contributed by atoms with Gasteiger partial charge in [-0.05, 0) is 37.5 Å². The zero-order valence-electron chi connectivity index (χ0n) is 19.4. The molecular formula is C25H35F4NO3. The summed E-state index contributed by atoms with van der Waals surface area (Å²) >= 11 is 0. The van der Waals surface area contributed by atoms with Crippen LogP contribution in [0.2, 0.25) is 0 Å². The molecule has 1 aliphatic heterocycles. The molecule has 0 aliphatic carbocycles. The maximum atomic E-state index is 13.5. The molecule has 4 nitrogen and oxygen atoms in total. The van der Waals surface area contributed by atoms with Crippen molar-refractivity contribution in [2.45, 2.75) is 83.7 Å². The van der Waals surface area contributed by atoms with Gasteiger partial charge in [-0.15, -0.1) is 0 Å². The maximum absolute atomic E-state index is 13.5. The molecule has 0 saturated carbocycles. The standard InChI is InChI=1S/C25H35F4NO3/c1-2-3-4-5-6-7-8-9-10-17-33-24(32)19-13-15-30(16-14-19)23(31)21-18-20(26)11-12-22(21)25(27,28)29/h11-12,18-19H,2-10,13-17H2,1H3. The number of ether oxygens (including phenoxy) is 1. The van der Waals surface area contributed by atoms with Gasteiger partial charge in [0.05, 0.1) is 23.7 Å². The first-order valence-electron chi connectivity index (χ1n) is 12.1. The van der Waals surface area contributed by atoms with E-state index in [2.05, 4.69) is 6.92 Å². The van der Waals surface area contributed by atoms with E-state index in [1.165, 1.54) is 43.4 Å². The lowest BCUT2D eigenvalue weighted by atomic mass is 9.96. The number of carbonyl (C=O) groups excluding carboxylic acids is 2. The fraction of sp³-hybridized carbons (Fsp3) is 0.680. The lowest BCUT2D eigenvalue weighted by molar-refractivity contribution is -0.150. The van der Waals surface area contributed by atoms with Crippen LogP contribution in [0.5, 0.6) is 0 Å². The van der Waals surface area contributed by atoms with Crippen molar-refractivity contribution in [1.82, 2.24) is 4.90 Å². The van der Waals surface area contributed by atoms with Crippen LogP contribution in [0, 0.1) is 11.7 Å². The molecule has 0 unspecified atom stereocenters. The molecule has 1 fully saturated rings. The first kappa shape index (κ1) is 27.1. The average Bonchev–Trinajstić information content (AvgIpc) is 2.79. The largest absolute Gasteiger partial charge is 0.465 e. The minimum absolute atomic E-state index is 0.129. The number of halogens is 4. The number of hydrogen-bond donors (Lipinski definition) is 0. The fourth-order valence-corrected chi connectivity index (χ4v) is 4.13. The van der Waals surface area contributed by atoms with E-state index in [1.54, 1.807) is 0 Å². The van der Waals surface area contributed by atoms with Crippen LogP contribution in [0.15, 0.2) is 18.2 Å². The van der Waals surface area contributed by atoms with Crippen molar-refractivity contribution in [3.63, 3.8) is 0 Å². The predicted octanol–water partition coefficient (Wildman–Crippen LogP) is 6.77. The number of amides is 1. The van der Waals surface area contributed by atoms with Crippen LogP contribution in [0.4, 0.5) is 17.6 Å². The molecule has 1 heterocycles. The molecule has 0 radical (unpaired) electrons. The van der Waals surface area contributed by atoms with Gasteiger partial charge in [0, 0.05) is 13.1 Å². The van der Waals surface area contributed by atoms with Crippen LogP contribution in [0.25, 0.3) is 0 Å². The summed E-state index contributed by atoms with van der Waals surface area (Å²) in [4.78, 5) is 26.1. The number of esters is 1. The molecule has 0 bridgehead atoms. The third-order valence-electron chi connectivity index (χ3n) is 6.13. The highest BCUT2D eigenvalue weighted by Gasteiger charge is 2.37. The molecule has 1 saturated heterocycles. The van der Waals surface area contributed by atoms with Crippen molar-refractivity contribution in [2.24, 2.45) is 5.92 Å². The number of carbonyl (C=O) groups is 2. The van der Waals surface area contributed by atoms with E-state index in [4.69, 9.17) is 4.74 Å². The highest BCUT2D eigenvalue weighted by molar-refractivity contribution is 5.96. The minimum Gasteiger partial charge on any atom is -0.465 e. The molecule has 1 aliphatic rings. The zero-order valence-corrected chi connectivity index (χ0v) is 19.4. The second-order valence-corrected chi connectivity index (χ2v) is 8.75. The molecule has 8 heteroatoms. The van der Waals surface area contributed by atoms with Gasteiger partial charge >= 0.3 is 12.1 Å². The number of alkyl halides is 3. The summed E-state index contributed by atoms with van der Waals surface area (Å²) < 4.78 is 58.5. The quantitative estimate of drug-likeness (QED) is 0.191. The Balaban J connectivity index is 1.70. The number of likely N-dealkylation sites (tertiary alicyclic amines) is 1. The second kappa shape index (κ2) is 13.6. The van der Waals surface area contributed by atoms with Crippen molar-refractivity contribution in [3.8, 4) is 0 Å². The van der Waals surface area contributed by atoms with Gasteiger partial charge in [-0.2, -0.15) is 13.2 Å². The Kier molecular flexibility index (Phi) is 11.1. The average molecular weight is 474 g/mol. The Morgan fingerprint density at radius 2 is 1.55 bits per heavy atom. The van der Waals surface area contributed by atoms with E-state index in [9.17, 15) is 27.2 Å². The van der Waals surface area contributed by atoms with Crippen LogP contribution in [0.1, 0.15) is 93.5 Å². The smallest absolute Gasteiger partial charge is 0.417 e. The van der Waals surface area contributed by atoms with Crippen molar-refractivity contribution < 1.29 is 31.9 Å². The third-order valence-corrected chi connectivity index (χ3v) is 6.13. The van der Waals surface area contributed by atoms with E-state index < -0.39 is 29.0 Å². The lowest BCUT2D eigenvalue weighted by Crippen LogP contribution is -2.41. The van der Waals surface area contributed by atoms with Gasteiger partial charge in [-0.25, -0.2) is 4.39 Å². The number of unbranched alkanes of at least 4 members (excludes halogenated alkanes) is 8. The lowest BCUT2D eigenvalue weighted by Gasteiger charge is -2.31. The van der Waals surface area contributed by atoms with Crippen LogP contribution in [0.3, 0.4) is 0 Å². The topological polar surface area (TPSA) is 46.6 Å². The van der Waals surface area contributed by atoms with Gasteiger partial charge in [-0.1, -0.05) is 58.3 Å². The Morgan fingerprint density at radius 3 is 2.12 bits per heavy atom. The molecule has 0 atom stereocenters. The van der Waals surface area contributed by atoms with Gasteiger partial charge in [0.25, 0.3) is 5.91 Å². The number of hydrogen-bond acceptors (Lipinski definition) is 3. The highest BCUT2D eigenvalue weighted by Crippen LogP contribution is 2.33. The number of rotatable bonds is 12. The highest BCUT2D eigenvalue weighted by atomic mass is 19.4. The maximum Gasteiger partial charge on any atom is 0.417 e. The molecule has 1 amide bonds. The number of nitrogens with zero attached hydrogens (tertiary/aromatic N) is 1. The molecule has 1 aromatic rings. The molecular weight excluding hydrogens is 438 g/mol. The summed E-state index contributed by atoms with van der Waals surface area (Å²) in [7, 11) is 0. The first-order chi connectivity index (χ1) is 15.7. The van der Waals surface area contributed by atoms with Gasteiger partial charge < -0.3 is 9.64 Å². The molecule has 0 N–H and O–H groups in total. The van der Waals surface area contributed by atoms with Crippen molar-refractivity contribution >= 4 is 11.9 Å². The van der Waals surface area contributed by atoms with Crippen LogP contribution >= 0.6 is 0 Å². The van der Waals surface area contributed by atoms with Gasteiger partial charge in [0.1, 0.15) is 5.82 Å². The normalized spacial score (nSPS) is 15.0. The molecule has 186 valence electrons. The molecule has 1 aromatic carbocycles. The third kappa shape index (κ3) is 8.97. The Morgan fingerprint density at radius 1 is 0.970 bits per heavy atom. The second-order valence-electron chi connectivity index (χ2n) is 8.75.